The molecule has 1 amide bonds. The Hall–Kier alpha value is -3.02. The number of ether oxygens (including phenoxy) is 2. The maximum Gasteiger partial charge on any atom is 0.310 e. The highest BCUT2D eigenvalue weighted by molar-refractivity contribution is 6.04. The van der Waals surface area contributed by atoms with E-state index in [4.69, 9.17) is 14.6 Å². The second-order valence-corrected chi connectivity index (χ2v) is 6.08. The number of aliphatic carboxylic acids is 1. The monoisotopic (exact) mass is 371 g/mol. The van der Waals surface area contributed by atoms with Crippen LogP contribution in [0.5, 0.6) is 11.5 Å². The number of anilines is 1. The van der Waals surface area contributed by atoms with Crippen molar-refractivity contribution in [3.8, 4) is 11.5 Å². The molecule has 27 heavy (non-hydrogen) atoms. The second-order valence-electron chi connectivity index (χ2n) is 6.08. The van der Waals surface area contributed by atoms with Crippen molar-refractivity contribution in [2.24, 2.45) is 0 Å². The molecule has 144 valence electrons. The van der Waals surface area contributed by atoms with Gasteiger partial charge in [0.05, 0.1) is 19.1 Å². The first kappa shape index (κ1) is 20.3. The van der Waals surface area contributed by atoms with Gasteiger partial charge in [0.2, 0.25) is 0 Å². The number of carbonyl (C=O) groups excluding carboxylic acids is 1. The van der Waals surface area contributed by atoms with Gasteiger partial charge in [0.15, 0.2) is 11.5 Å². The lowest BCUT2D eigenvalue weighted by Gasteiger charge is -2.13. The van der Waals surface area contributed by atoms with Gasteiger partial charge in [0, 0.05) is 11.3 Å². The smallest absolute Gasteiger partial charge is 0.310 e. The van der Waals surface area contributed by atoms with E-state index in [0.717, 1.165) is 6.42 Å². The van der Waals surface area contributed by atoms with Crippen LogP contribution in [0.25, 0.3) is 0 Å². The van der Waals surface area contributed by atoms with Crippen LogP contribution in [0.3, 0.4) is 0 Å². The maximum atomic E-state index is 12.6. The van der Waals surface area contributed by atoms with Crippen molar-refractivity contribution in [1.82, 2.24) is 0 Å². The number of amides is 1. The number of hydrogen-bond acceptors (Lipinski definition) is 4. The van der Waals surface area contributed by atoms with E-state index in [1.54, 1.807) is 49.4 Å². The zero-order valence-electron chi connectivity index (χ0n) is 15.8. The summed E-state index contributed by atoms with van der Waals surface area (Å²) in [5.41, 5.74) is 1.59. The Morgan fingerprint density at radius 2 is 1.85 bits per heavy atom. The lowest BCUT2D eigenvalue weighted by molar-refractivity contribution is -0.138. The molecule has 0 aliphatic heterocycles. The first-order valence-electron chi connectivity index (χ1n) is 9.00. The minimum Gasteiger partial charge on any atom is -0.490 e. The fourth-order valence-corrected chi connectivity index (χ4v) is 2.48. The van der Waals surface area contributed by atoms with E-state index in [2.05, 4.69) is 5.32 Å². The molecular formula is C21H25NO5. The van der Waals surface area contributed by atoms with Crippen molar-refractivity contribution >= 4 is 17.6 Å². The van der Waals surface area contributed by atoms with E-state index in [9.17, 15) is 9.59 Å². The first-order valence-corrected chi connectivity index (χ1v) is 9.00. The summed E-state index contributed by atoms with van der Waals surface area (Å²) in [6.45, 7) is 6.52. The summed E-state index contributed by atoms with van der Waals surface area (Å²) < 4.78 is 11.2. The lowest BCUT2D eigenvalue weighted by atomic mass is 10.0. The van der Waals surface area contributed by atoms with Gasteiger partial charge in [-0.3, -0.25) is 9.59 Å². The topological polar surface area (TPSA) is 84.9 Å². The van der Waals surface area contributed by atoms with Crippen LogP contribution in [0.4, 0.5) is 5.69 Å². The minimum absolute atomic E-state index is 0.307. The summed E-state index contributed by atoms with van der Waals surface area (Å²) in [7, 11) is 0. The number of carboxylic acid groups (broad SMARTS) is 1. The van der Waals surface area contributed by atoms with Gasteiger partial charge in [-0.05, 0) is 56.2 Å². The lowest BCUT2D eigenvalue weighted by Crippen LogP contribution is -2.13. The molecule has 1 unspecified atom stereocenters. The predicted molar refractivity (Wildman–Crippen MR) is 104 cm³/mol. The van der Waals surface area contributed by atoms with Crippen LogP contribution in [-0.2, 0) is 4.79 Å². The summed E-state index contributed by atoms with van der Waals surface area (Å²) in [6.07, 6.45) is 0.874. The highest BCUT2D eigenvalue weighted by atomic mass is 16.5. The minimum atomic E-state index is -0.914. The summed E-state index contributed by atoms with van der Waals surface area (Å²) in [5.74, 6) is -0.749. The molecule has 0 saturated heterocycles. The van der Waals surface area contributed by atoms with Crippen LogP contribution >= 0.6 is 0 Å². The molecule has 0 aromatic heterocycles. The molecule has 0 bridgehead atoms. The predicted octanol–water partition coefficient (Wildman–Crippen LogP) is 4.31. The Balaban J connectivity index is 2.19. The molecular weight excluding hydrogens is 346 g/mol. The van der Waals surface area contributed by atoms with Crippen LogP contribution in [0.15, 0.2) is 42.5 Å². The fourth-order valence-electron chi connectivity index (χ4n) is 2.48. The van der Waals surface area contributed by atoms with Gasteiger partial charge in [0.1, 0.15) is 0 Å². The van der Waals surface area contributed by atoms with Crippen molar-refractivity contribution in [2.75, 3.05) is 18.5 Å². The van der Waals surface area contributed by atoms with E-state index in [-0.39, 0.29) is 5.91 Å². The van der Waals surface area contributed by atoms with Gasteiger partial charge in [-0.2, -0.15) is 0 Å². The highest BCUT2D eigenvalue weighted by Gasteiger charge is 2.15. The summed E-state index contributed by atoms with van der Waals surface area (Å²) in [5, 5.41) is 11.9. The zero-order chi connectivity index (χ0) is 19.8. The van der Waals surface area contributed by atoms with Crippen LogP contribution in [-0.4, -0.2) is 30.2 Å². The Bertz CT molecular complexity index is 803. The van der Waals surface area contributed by atoms with E-state index in [1.165, 1.54) is 0 Å². The van der Waals surface area contributed by atoms with Crippen LogP contribution in [0, 0.1) is 0 Å². The second kappa shape index (κ2) is 9.62. The first-order chi connectivity index (χ1) is 13.0. The number of benzene rings is 2. The van der Waals surface area contributed by atoms with E-state index in [0.29, 0.717) is 41.5 Å². The molecule has 0 heterocycles. The third-order valence-corrected chi connectivity index (χ3v) is 3.98. The standard InChI is InChI=1S/C21H25NO5/c1-4-11-27-18-10-9-16(13-19(18)26-5-2)20(23)22-17-8-6-7-15(12-17)14(3)21(24)25/h6-10,12-14H,4-5,11H2,1-3H3,(H,22,23)(H,24,25). The zero-order valence-corrected chi connectivity index (χ0v) is 15.8. The van der Waals surface area contributed by atoms with Gasteiger partial charge >= 0.3 is 5.97 Å². The average Bonchev–Trinajstić information content (AvgIpc) is 2.66. The Kier molecular flexibility index (Phi) is 7.23. The highest BCUT2D eigenvalue weighted by Crippen LogP contribution is 2.29. The van der Waals surface area contributed by atoms with Crippen LogP contribution in [0.1, 0.15) is 49.0 Å². The molecule has 2 aromatic rings. The van der Waals surface area contributed by atoms with Crippen molar-refractivity contribution < 1.29 is 24.2 Å². The van der Waals surface area contributed by atoms with Crippen LogP contribution in [0.2, 0.25) is 0 Å². The molecule has 0 spiro atoms. The van der Waals surface area contributed by atoms with Gasteiger partial charge in [-0.25, -0.2) is 0 Å². The molecule has 2 rings (SSSR count). The summed E-state index contributed by atoms with van der Waals surface area (Å²) >= 11 is 0. The van der Waals surface area contributed by atoms with E-state index >= 15 is 0 Å². The molecule has 2 N–H and O–H groups in total. The van der Waals surface area contributed by atoms with Crippen molar-refractivity contribution in [3.05, 3.63) is 53.6 Å². The summed E-state index contributed by atoms with van der Waals surface area (Å²) in [6, 6.07) is 11.9. The summed E-state index contributed by atoms with van der Waals surface area (Å²) in [4.78, 5) is 23.7. The molecule has 6 nitrogen and oxygen atoms in total. The quantitative estimate of drug-likeness (QED) is 0.686. The number of nitrogens with one attached hydrogen (secondary N) is 1. The van der Waals surface area contributed by atoms with Gasteiger partial charge in [0.25, 0.3) is 5.91 Å². The Labute approximate surface area is 159 Å². The van der Waals surface area contributed by atoms with Gasteiger partial charge in [-0.15, -0.1) is 0 Å². The van der Waals surface area contributed by atoms with Crippen molar-refractivity contribution in [2.45, 2.75) is 33.1 Å². The largest absolute Gasteiger partial charge is 0.490 e. The van der Waals surface area contributed by atoms with Gasteiger partial charge < -0.3 is 19.9 Å². The molecule has 0 aliphatic rings. The van der Waals surface area contributed by atoms with Crippen molar-refractivity contribution in [3.63, 3.8) is 0 Å². The average molecular weight is 371 g/mol. The SMILES string of the molecule is CCCOc1ccc(C(=O)Nc2cccc(C(C)C(=O)O)c2)cc1OCC. The van der Waals surface area contributed by atoms with Crippen LogP contribution < -0.4 is 14.8 Å². The normalized spacial score (nSPS) is 11.5. The molecule has 0 fully saturated rings. The number of carboxylic acids is 1. The van der Waals surface area contributed by atoms with E-state index in [1.807, 2.05) is 13.8 Å². The van der Waals surface area contributed by atoms with E-state index < -0.39 is 11.9 Å². The third kappa shape index (κ3) is 5.48. The number of rotatable bonds is 9. The number of carbonyl (C=O) groups is 2. The molecule has 0 aliphatic carbocycles. The maximum absolute atomic E-state index is 12.6. The van der Waals surface area contributed by atoms with Crippen molar-refractivity contribution in [1.29, 1.82) is 0 Å². The molecule has 0 radical (unpaired) electrons. The van der Waals surface area contributed by atoms with Gasteiger partial charge in [-0.1, -0.05) is 19.1 Å². The number of hydrogen-bond donors (Lipinski definition) is 2. The molecule has 2 aromatic carbocycles. The fraction of sp³-hybridized carbons (Fsp3) is 0.333. The molecule has 1 atom stereocenters. The molecule has 6 heteroatoms. The Morgan fingerprint density at radius 3 is 2.52 bits per heavy atom. The third-order valence-electron chi connectivity index (χ3n) is 3.98. The molecule has 0 saturated carbocycles. The Morgan fingerprint density at radius 1 is 1.07 bits per heavy atom.